The summed E-state index contributed by atoms with van der Waals surface area (Å²) in [5.41, 5.74) is 11.7. The van der Waals surface area contributed by atoms with Crippen LogP contribution in [0.25, 0.3) is 10.9 Å². The largest absolute Gasteiger partial charge is 0.383 e. The molecule has 204 valence electrons. The van der Waals surface area contributed by atoms with E-state index in [0.717, 1.165) is 24.1 Å². The average Bonchev–Trinajstić information content (AvgIpc) is 3.65. The Morgan fingerprint density at radius 2 is 1.93 bits per heavy atom. The van der Waals surface area contributed by atoms with E-state index in [4.69, 9.17) is 0 Å². The molecule has 0 radical (unpaired) electrons. The lowest BCUT2D eigenvalue weighted by molar-refractivity contribution is -0.114. The normalized spacial score (nSPS) is 15.4. The Labute approximate surface area is 234 Å². The lowest BCUT2D eigenvalue weighted by Gasteiger charge is -2.24. The van der Waals surface area contributed by atoms with Crippen LogP contribution in [0.5, 0.6) is 0 Å². The van der Waals surface area contributed by atoms with Crippen LogP contribution in [0.1, 0.15) is 63.3 Å². The number of nitrogens with one attached hydrogen (secondary N) is 5. The Morgan fingerprint density at radius 3 is 2.60 bits per heavy atom. The maximum Gasteiger partial charge on any atom is 0.221 e. The second kappa shape index (κ2) is 10.8. The maximum absolute atomic E-state index is 11.7. The highest BCUT2D eigenvalue weighted by Crippen LogP contribution is 2.36. The second-order valence-corrected chi connectivity index (χ2v) is 11.4. The van der Waals surface area contributed by atoms with Gasteiger partial charge in [-0.1, -0.05) is 32.9 Å². The van der Waals surface area contributed by atoms with Gasteiger partial charge in [0.25, 0.3) is 0 Å². The fourth-order valence-corrected chi connectivity index (χ4v) is 4.65. The minimum absolute atomic E-state index is 0.0265. The highest BCUT2D eigenvalue weighted by atomic mass is 16.1. The van der Waals surface area contributed by atoms with Crippen molar-refractivity contribution in [1.82, 2.24) is 21.0 Å². The van der Waals surface area contributed by atoms with Gasteiger partial charge in [0.2, 0.25) is 5.91 Å². The van der Waals surface area contributed by atoms with Gasteiger partial charge in [0.1, 0.15) is 12.1 Å². The van der Waals surface area contributed by atoms with Crippen molar-refractivity contribution in [2.24, 2.45) is 5.41 Å². The Morgan fingerprint density at radius 1 is 1.15 bits per heavy atom. The molecule has 5 rings (SSSR count). The summed E-state index contributed by atoms with van der Waals surface area (Å²) in [5, 5.41) is 32.5. The van der Waals surface area contributed by atoms with Gasteiger partial charge in [0.15, 0.2) is 0 Å². The van der Waals surface area contributed by atoms with Crippen LogP contribution < -0.4 is 26.9 Å². The van der Waals surface area contributed by atoms with Crippen LogP contribution >= 0.6 is 0 Å². The van der Waals surface area contributed by atoms with E-state index in [-0.39, 0.29) is 17.4 Å². The predicted octanol–water partition coefficient (Wildman–Crippen LogP) is 4.88. The highest BCUT2D eigenvalue weighted by Gasteiger charge is 2.32. The third-order valence-corrected chi connectivity index (χ3v) is 6.72. The van der Waals surface area contributed by atoms with E-state index in [9.17, 15) is 15.3 Å². The van der Waals surface area contributed by atoms with Gasteiger partial charge in [-0.15, -0.1) is 5.53 Å². The van der Waals surface area contributed by atoms with Crippen LogP contribution in [0, 0.1) is 28.1 Å². The Bertz CT molecular complexity index is 1570. The molecule has 10 heteroatoms. The van der Waals surface area contributed by atoms with E-state index in [1.54, 1.807) is 6.07 Å². The fourth-order valence-electron chi connectivity index (χ4n) is 4.65. The van der Waals surface area contributed by atoms with E-state index in [0.29, 0.717) is 51.7 Å². The molecule has 2 heterocycles. The lowest BCUT2D eigenvalue weighted by atomic mass is 9.96. The van der Waals surface area contributed by atoms with Crippen molar-refractivity contribution in [1.29, 1.82) is 10.5 Å². The van der Waals surface area contributed by atoms with E-state index in [1.165, 1.54) is 13.1 Å². The number of hydrazine groups is 2. The van der Waals surface area contributed by atoms with Gasteiger partial charge in [-0.25, -0.2) is 0 Å². The van der Waals surface area contributed by atoms with Crippen LogP contribution in [-0.4, -0.2) is 28.5 Å². The Kier molecular flexibility index (Phi) is 7.20. The molecular formula is C30H33N9O. The molecule has 1 atom stereocenters. The molecule has 0 spiro atoms. The molecule has 1 fully saturated rings. The Hall–Kier alpha value is -4.80. The molecule has 1 aliphatic carbocycles. The van der Waals surface area contributed by atoms with Crippen molar-refractivity contribution in [2.75, 3.05) is 22.5 Å². The van der Waals surface area contributed by atoms with Crippen LogP contribution in [0.4, 0.5) is 17.1 Å². The molecule has 5 N–H and O–H groups in total. The summed E-state index contributed by atoms with van der Waals surface area (Å²) in [5.74, 6) is -0.147. The standard InChI is InChI=1S/C30H33N9O/c1-18(40)35-22-7-5-6-19(10-22)29(26-16-39(38-37-26)24-8-9-24)36-23-11-20(13-31)27-25(12-23)28(21(14-32)15-33-27)34-17-30(2,3)4/h5-7,10-12,15-16,24,29,36-38H,8-9,17H2,1-4H3,(H,33,34)(H,35,40)/t29-/m0/s1. The molecule has 2 aliphatic rings. The zero-order valence-corrected chi connectivity index (χ0v) is 23.1. The molecule has 1 aromatic heterocycles. The molecule has 10 nitrogen and oxygen atoms in total. The summed E-state index contributed by atoms with van der Waals surface area (Å²) < 4.78 is 0. The molecule has 1 amide bonds. The van der Waals surface area contributed by atoms with Crippen molar-refractivity contribution >= 4 is 33.9 Å². The number of fused-ring (bicyclic) bond motifs is 1. The molecule has 1 aliphatic heterocycles. The number of nitriles is 2. The smallest absolute Gasteiger partial charge is 0.221 e. The number of carbonyl (C=O) groups is 1. The van der Waals surface area contributed by atoms with Gasteiger partial charge in [-0.2, -0.15) is 10.5 Å². The number of benzene rings is 2. The number of nitrogens with zero attached hydrogens (tertiary/aromatic N) is 4. The molecule has 0 unspecified atom stereocenters. The van der Waals surface area contributed by atoms with Crippen molar-refractivity contribution in [3.63, 3.8) is 0 Å². The molecular weight excluding hydrogens is 502 g/mol. The SMILES string of the molecule is CC(=O)Nc1cccc([C@H](Nc2cc(C#N)c3ncc(C#N)c(NCC(C)(C)C)c3c2)C2=CN(C3CC3)NN2)c1. The first-order chi connectivity index (χ1) is 19.1. The molecule has 1 saturated carbocycles. The van der Waals surface area contributed by atoms with Gasteiger partial charge in [0.05, 0.1) is 34.1 Å². The van der Waals surface area contributed by atoms with Crippen LogP contribution in [0.15, 0.2) is 54.5 Å². The number of amides is 1. The molecule has 2 aromatic carbocycles. The number of hydrogen-bond acceptors (Lipinski definition) is 9. The molecule has 40 heavy (non-hydrogen) atoms. The van der Waals surface area contributed by atoms with Gasteiger partial charge in [-0.05, 0) is 48.1 Å². The van der Waals surface area contributed by atoms with Crippen molar-refractivity contribution in [3.8, 4) is 12.1 Å². The molecule has 0 saturated heterocycles. The van der Waals surface area contributed by atoms with E-state index >= 15 is 0 Å². The summed E-state index contributed by atoms with van der Waals surface area (Å²) in [4.78, 5) is 16.2. The average molecular weight is 536 g/mol. The monoisotopic (exact) mass is 535 g/mol. The van der Waals surface area contributed by atoms with Gasteiger partial charge in [-0.3, -0.25) is 14.8 Å². The van der Waals surface area contributed by atoms with E-state index in [1.807, 2.05) is 30.3 Å². The van der Waals surface area contributed by atoms with E-state index < -0.39 is 0 Å². The third-order valence-electron chi connectivity index (χ3n) is 6.72. The maximum atomic E-state index is 11.7. The number of hydrogen-bond donors (Lipinski definition) is 5. The lowest BCUT2D eigenvalue weighted by Crippen LogP contribution is -2.38. The topological polar surface area (TPSA) is 141 Å². The minimum Gasteiger partial charge on any atom is -0.383 e. The number of carbonyl (C=O) groups excluding carboxylic acids is 1. The first kappa shape index (κ1) is 26.8. The van der Waals surface area contributed by atoms with Gasteiger partial charge in [0, 0.05) is 48.7 Å². The van der Waals surface area contributed by atoms with Crippen LogP contribution in [0.3, 0.4) is 0 Å². The summed E-state index contributed by atoms with van der Waals surface area (Å²) >= 11 is 0. The molecule has 0 bridgehead atoms. The zero-order chi connectivity index (χ0) is 28.4. The first-order valence-electron chi connectivity index (χ1n) is 13.3. The van der Waals surface area contributed by atoms with Crippen molar-refractivity contribution in [3.05, 3.63) is 71.2 Å². The van der Waals surface area contributed by atoms with Crippen LogP contribution in [0.2, 0.25) is 0 Å². The van der Waals surface area contributed by atoms with Crippen molar-refractivity contribution < 1.29 is 4.79 Å². The van der Waals surface area contributed by atoms with Crippen molar-refractivity contribution in [2.45, 2.75) is 52.6 Å². The van der Waals surface area contributed by atoms with E-state index in [2.05, 4.69) is 76.0 Å². The Balaban J connectivity index is 1.59. The molecule has 3 aromatic rings. The number of rotatable bonds is 8. The summed E-state index contributed by atoms with van der Waals surface area (Å²) in [7, 11) is 0. The number of pyridine rings is 1. The fraction of sp³-hybridized carbons (Fsp3) is 0.333. The second-order valence-electron chi connectivity index (χ2n) is 11.4. The predicted molar refractivity (Wildman–Crippen MR) is 155 cm³/mol. The minimum atomic E-state index is -0.341. The van der Waals surface area contributed by atoms with Gasteiger partial charge < -0.3 is 21.4 Å². The first-order valence-corrected chi connectivity index (χ1v) is 13.3. The highest BCUT2D eigenvalue weighted by molar-refractivity contribution is 5.99. The summed E-state index contributed by atoms with van der Waals surface area (Å²) in [6, 6.07) is 16.0. The van der Waals surface area contributed by atoms with Crippen LogP contribution in [-0.2, 0) is 4.79 Å². The zero-order valence-electron chi connectivity index (χ0n) is 23.1. The summed E-state index contributed by atoms with van der Waals surface area (Å²) in [6.45, 7) is 8.46. The number of aromatic nitrogens is 1. The third kappa shape index (κ3) is 5.93. The summed E-state index contributed by atoms with van der Waals surface area (Å²) in [6.07, 6.45) is 5.83. The van der Waals surface area contributed by atoms with Gasteiger partial charge >= 0.3 is 0 Å². The number of anilines is 3. The quantitative estimate of drug-likeness (QED) is 0.273.